The normalized spacial score (nSPS) is 12.8. The van der Waals surface area contributed by atoms with Gasteiger partial charge in [-0.1, -0.05) is 133 Å². The standard InChI is InChI=1S/C42H34N3O2P/c1-29(31-17-7-3-8-18-31)45(30(2)32-19-9-4-10-20-32)48-46-37-27-15-25-35-39(37)40-36(26-16-28-38(40)47-48)44-42(34-23-13-6-14-24-34)41(43-35)33-21-11-5-12-22-33/h3-30H,1-2H3. The number of aromatic nitrogens is 2. The summed E-state index contributed by atoms with van der Waals surface area (Å²) < 4.78 is 16.5. The molecule has 0 spiro atoms. The molecule has 5 nitrogen and oxygen atoms in total. The highest BCUT2D eigenvalue weighted by molar-refractivity contribution is 7.39. The Kier molecular flexibility index (Phi) is 8.07. The number of benzene rings is 6. The monoisotopic (exact) mass is 643 g/mol. The average molecular weight is 644 g/mol. The van der Waals surface area contributed by atoms with Gasteiger partial charge in [-0.25, -0.2) is 9.97 Å². The van der Waals surface area contributed by atoms with Gasteiger partial charge in [0.15, 0.2) is 0 Å². The van der Waals surface area contributed by atoms with Crippen LogP contribution in [0.25, 0.3) is 55.5 Å². The Morgan fingerprint density at radius 1 is 0.458 bits per heavy atom. The summed E-state index contributed by atoms with van der Waals surface area (Å²) >= 11 is 0. The molecule has 0 saturated carbocycles. The van der Waals surface area contributed by atoms with Crippen LogP contribution < -0.4 is 4.67 Å². The molecule has 0 radical (unpaired) electrons. The number of hydrogen-bond donors (Lipinski definition) is 0. The van der Waals surface area contributed by atoms with Crippen molar-refractivity contribution in [1.82, 2.24) is 9.97 Å². The lowest BCUT2D eigenvalue weighted by Crippen LogP contribution is -2.27. The molecule has 2 unspecified atom stereocenters. The fourth-order valence-electron chi connectivity index (χ4n) is 6.49. The maximum Gasteiger partial charge on any atom is 0.310 e. The summed E-state index contributed by atoms with van der Waals surface area (Å²) in [5.74, 6) is 0. The molecule has 234 valence electrons. The quantitative estimate of drug-likeness (QED) is 0.173. The molecule has 8 rings (SSSR count). The molecule has 0 aliphatic carbocycles. The van der Waals surface area contributed by atoms with Crippen LogP contribution >= 0.6 is 8.16 Å². The van der Waals surface area contributed by atoms with Gasteiger partial charge in [0, 0.05) is 23.2 Å². The molecule has 0 bridgehead atoms. The van der Waals surface area contributed by atoms with Gasteiger partial charge >= 0.3 is 8.16 Å². The van der Waals surface area contributed by atoms with Gasteiger partial charge in [-0.05, 0) is 49.2 Å². The third kappa shape index (κ3) is 5.58. The van der Waals surface area contributed by atoms with Crippen LogP contribution in [0.2, 0.25) is 0 Å². The van der Waals surface area contributed by atoms with Gasteiger partial charge in [-0.15, -0.1) is 0 Å². The van der Waals surface area contributed by atoms with Gasteiger partial charge in [0.25, 0.3) is 0 Å². The van der Waals surface area contributed by atoms with Crippen molar-refractivity contribution in [2.45, 2.75) is 25.9 Å². The van der Waals surface area contributed by atoms with Crippen molar-refractivity contribution in [2.75, 3.05) is 4.67 Å². The fraction of sp³-hybridized carbons (Fsp3) is 0.0952. The van der Waals surface area contributed by atoms with Gasteiger partial charge in [-0.2, -0.15) is 4.67 Å². The Hall–Kier alpha value is -5.48. The third-order valence-corrected chi connectivity index (χ3v) is 10.7. The minimum atomic E-state index is -1.65. The van der Waals surface area contributed by atoms with E-state index in [0.717, 1.165) is 55.5 Å². The first-order valence-electron chi connectivity index (χ1n) is 16.2. The zero-order chi connectivity index (χ0) is 32.5. The zero-order valence-corrected chi connectivity index (χ0v) is 27.7. The molecule has 8 aromatic rings. The van der Waals surface area contributed by atoms with Crippen molar-refractivity contribution in [1.29, 1.82) is 0 Å². The van der Waals surface area contributed by atoms with E-state index in [1.54, 1.807) is 0 Å². The summed E-state index contributed by atoms with van der Waals surface area (Å²) in [5, 5.41) is 1.77. The lowest BCUT2D eigenvalue weighted by atomic mass is 10.0. The van der Waals surface area contributed by atoms with Crippen molar-refractivity contribution in [3.63, 3.8) is 0 Å². The lowest BCUT2D eigenvalue weighted by molar-refractivity contribution is 0.558. The van der Waals surface area contributed by atoms with Crippen LogP contribution in [0.15, 0.2) is 166 Å². The molecule has 0 N–H and O–H groups in total. The van der Waals surface area contributed by atoms with Crippen molar-refractivity contribution in [2.24, 2.45) is 0 Å². The molecule has 2 atom stereocenters. The smallest absolute Gasteiger partial charge is 0.310 e. The predicted octanol–water partition coefficient (Wildman–Crippen LogP) is 12.0. The minimum absolute atomic E-state index is 0.00928. The Morgan fingerprint density at radius 3 is 1.23 bits per heavy atom. The molecule has 0 saturated heterocycles. The SMILES string of the molecule is CC(c1ccccc1)N(C(C)c1ccccc1)p1oc2cccc3nc(-c4ccccc4)c(-c4ccccc4)nc4cccc(o1)c4c32. The molecule has 2 heterocycles. The molecule has 0 aliphatic rings. The van der Waals surface area contributed by atoms with E-state index in [9.17, 15) is 0 Å². The second-order valence-corrected chi connectivity index (χ2v) is 13.2. The molecule has 0 amide bonds. The largest absolute Gasteiger partial charge is 0.408 e. The van der Waals surface area contributed by atoms with Crippen molar-refractivity contribution in [3.8, 4) is 22.5 Å². The van der Waals surface area contributed by atoms with E-state index in [2.05, 4.69) is 116 Å². The molecule has 0 fully saturated rings. The Morgan fingerprint density at radius 2 is 0.833 bits per heavy atom. The summed E-state index contributed by atoms with van der Waals surface area (Å²) in [6, 6.07) is 53.9. The highest BCUT2D eigenvalue weighted by Crippen LogP contribution is 2.47. The Balaban J connectivity index is 1.47. The summed E-state index contributed by atoms with van der Waals surface area (Å²) in [6.45, 7) is 4.45. The van der Waals surface area contributed by atoms with E-state index in [-0.39, 0.29) is 12.1 Å². The number of rotatable bonds is 7. The van der Waals surface area contributed by atoms with E-state index >= 15 is 0 Å². The van der Waals surface area contributed by atoms with Gasteiger partial charge < -0.3 is 8.39 Å². The van der Waals surface area contributed by atoms with E-state index in [0.29, 0.717) is 0 Å². The van der Waals surface area contributed by atoms with E-state index in [1.807, 2.05) is 60.7 Å². The topological polar surface area (TPSA) is 55.3 Å². The van der Waals surface area contributed by atoms with Crippen molar-refractivity contribution in [3.05, 3.63) is 169 Å². The van der Waals surface area contributed by atoms with Crippen LogP contribution in [0.5, 0.6) is 0 Å². The first-order valence-corrected chi connectivity index (χ1v) is 17.4. The maximum atomic E-state index is 7.06. The average Bonchev–Trinajstić information content (AvgIpc) is 3.31. The fourth-order valence-corrected chi connectivity index (χ4v) is 8.19. The van der Waals surface area contributed by atoms with Gasteiger partial charge in [0.1, 0.15) is 11.2 Å². The van der Waals surface area contributed by atoms with Gasteiger partial charge in [0.2, 0.25) is 0 Å². The van der Waals surface area contributed by atoms with Crippen molar-refractivity contribution < 1.29 is 8.39 Å². The summed E-state index contributed by atoms with van der Waals surface area (Å²) in [5.41, 5.74) is 9.03. The number of nitrogens with zero attached hydrogens (tertiary/aromatic N) is 3. The molecule has 2 aromatic heterocycles. The molecular formula is C42H34N3O2P. The molecule has 48 heavy (non-hydrogen) atoms. The molecule has 6 heteroatoms. The Bertz CT molecular complexity index is 2220. The maximum absolute atomic E-state index is 7.06. The third-order valence-electron chi connectivity index (χ3n) is 8.94. The van der Waals surface area contributed by atoms with E-state index in [4.69, 9.17) is 18.4 Å². The van der Waals surface area contributed by atoms with Crippen LogP contribution in [0.3, 0.4) is 0 Å². The van der Waals surface area contributed by atoms with Gasteiger partial charge in [0.05, 0.1) is 33.2 Å². The lowest BCUT2D eigenvalue weighted by Gasteiger charge is -2.31. The summed E-state index contributed by atoms with van der Waals surface area (Å²) in [6.07, 6.45) is 0. The second kappa shape index (κ2) is 13.0. The van der Waals surface area contributed by atoms with Gasteiger partial charge in [-0.3, -0.25) is 0 Å². The first-order chi connectivity index (χ1) is 23.7. The van der Waals surface area contributed by atoms with Crippen LogP contribution in [0.4, 0.5) is 0 Å². The molecule has 0 aliphatic heterocycles. The number of hydrogen-bond acceptors (Lipinski definition) is 5. The Labute approximate surface area is 280 Å². The highest BCUT2D eigenvalue weighted by atomic mass is 31.1. The molecule has 6 aromatic carbocycles. The van der Waals surface area contributed by atoms with E-state index in [1.165, 1.54) is 11.1 Å². The van der Waals surface area contributed by atoms with E-state index < -0.39 is 8.16 Å². The van der Waals surface area contributed by atoms with Crippen LogP contribution in [-0.4, -0.2) is 9.97 Å². The summed E-state index contributed by atoms with van der Waals surface area (Å²) in [4.78, 5) is 10.8. The van der Waals surface area contributed by atoms with Crippen LogP contribution in [-0.2, 0) is 0 Å². The first kappa shape index (κ1) is 29.9. The highest BCUT2D eigenvalue weighted by Gasteiger charge is 2.29. The van der Waals surface area contributed by atoms with Crippen LogP contribution in [0.1, 0.15) is 37.1 Å². The zero-order valence-electron chi connectivity index (χ0n) is 26.8. The predicted molar refractivity (Wildman–Crippen MR) is 198 cm³/mol. The molecular weight excluding hydrogens is 609 g/mol. The van der Waals surface area contributed by atoms with Crippen molar-refractivity contribution >= 4 is 41.1 Å². The summed E-state index contributed by atoms with van der Waals surface area (Å²) in [7, 11) is -1.65. The minimum Gasteiger partial charge on any atom is -0.408 e. The second-order valence-electron chi connectivity index (χ2n) is 11.9. The van der Waals surface area contributed by atoms with Crippen LogP contribution in [0, 0.1) is 0 Å².